The van der Waals surface area contributed by atoms with Crippen LogP contribution in [0.25, 0.3) is 10.9 Å². The number of hydrogen-bond donors (Lipinski definition) is 0. The fourth-order valence-electron chi connectivity index (χ4n) is 3.39. The molecular formula is C21H20ClN3O2. The van der Waals surface area contributed by atoms with Gasteiger partial charge in [-0.15, -0.1) is 0 Å². The molecule has 1 unspecified atom stereocenters. The molecule has 0 bridgehead atoms. The zero-order valence-corrected chi connectivity index (χ0v) is 16.2. The predicted molar refractivity (Wildman–Crippen MR) is 106 cm³/mol. The molecule has 1 atom stereocenters. The number of aromatic nitrogens is 1. The molecule has 0 radical (unpaired) electrons. The number of para-hydroxylation sites is 1. The topological polar surface area (TPSA) is 58.7 Å². The molecule has 6 heteroatoms. The Morgan fingerprint density at radius 2 is 2.11 bits per heavy atom. The summed E-state index contributed by atoms with van der Waals surface area (Å²) in [6.07, 6.45) is 2.14. The number of carbonyl (C=O) groups is 1. The Hall–Kier alpha value is -2.66. The van der Waals surface area contributed by atoms with Crippen molar-refractivity contribution >= 4 is 34.1 Å². The number of aryl methyl sites for hydroxylation is 1. The largest absolute Gasteiger partial charge is 0.463 e. The number of pyridine rings is 1. The third-order valence-electron chi connectivity index (χ3n) is 4.82. The van der Waals surface area contributed by atoms with Gasteiger partial charge in [0.1, 0.15) is 16.6 Å². The maximum absolute atomic E-state index is 12.8. The Kier molecular flexibility index (Phi) is 4.48. The smallest absolute Gasteiger partial charge is 0.245 e. The summed E-state index contributed by atoms with van der Waals surface area (Å²) in [7, 11) is 0. The van der Waals surface area contributed by atoms with E-state index in [0.29, 0.717) is 17.3 Å². The second-order valence-corrected chi connectivity index (χ2v) is 7.45. The predicted octanol–water partition coefficient (Wildman–Crippen LogP) is 5.12. The molecule has 4 rings (SSSR count). The first-order valence-corrected chi connectivity index (χ1v) is 9.33. The van der Waals surface area contributed by atoms with Crippen molar-refractivity contribution < 1.29 is 9.21 Å². The first-order valence-electron chi connectivity index (χ1n) is 8.96. The van der Waals surface area contributed by atoms with Crippen LogP contribution >= 0.6 is 11.6 Å². The fourth-order valence-corrected chi connectivity index (χ4v) is 3.65. The van der Waals surface area contributed by atoms with E-state index in [9.17, 15) is 4.79 Å². The van der Waals surface area contributed by atoms with Crippen LogP contribution < -0.4 is 0 Å². The molecule has 138 valence electrons. The van der Waals surface area contributed by atoms with E-state index in [4.69, 9.17) is 16.0 Å². The van der Waals surface area contributed by atoms with Crippen molar-refractivity contribution in [2.75, 3.05) is 0 Å². The lowest BCUT2D eigenvalue weighted by Crippen LogP contribution is -2.30. The summed E-state index contributed by atoms with van der Waals surface area (Å²) in [5.41, 5.74) is 3.47. The van der Waals surface area contributed by atoms with Gasteiger partial charge in [-0.3, -0.25) is 4.79 Å². The Morgan fingerprint density at radius 1 is 1.30 bits per heavy atom. The number of hydrogen-bond acceptors (Lipinski definition) is 4. The van der Waals surface area contributed by atoms with Gasteiger partial charge in [0.2, 0.25) is 5.91 Å². The SMILES string of the molecule is Cc1cccc2cc(C3CC(c4ccco4)=NN3C(=O)C(C)C)c(Cl)nc12. The summed E-state index contributed by atoms with van der Waals surface area (Å²) in [5, 5.41) is 7.50. The zero-order chi connectivity index (χ0) is 19.1. The molecule has 0 N–H and O–H groups in total. The van der Waals surface area contributed by atoms with E-state index < -0.39 is 0 Å². The van der Waals surface area contributed by atoms with Crippen LogP contribution in [-0.4, -0.2) is 21.6 Å². The van der Waals surface area contributed by atoms with Crippen molar-refractivity contribution in [3.8, 4) is 0 Å². The molecule has 1 aromatic carbocycles. The highest BCUT2D eigenvalue weighted by Crippen LogP contribution is 2.38. The van der Waals surface area contributed by atoms with Gasteiger partial charge < -0.3 is 4.42 Å². The summed E-state index contributed by atoms with van der Waals surface area (Å²) >= 11 is 6.55. The Labute approximate surface area is 162 Å². The third-order valence-corrected chi connectivity index (χ3v) is 5.13. The van der Waals surface area contributed by atoms with Gasteiger partial charge in [0, 0.05) is 23.3 Å². The van der Waals surface area contributed by atoms with Crippen LogP contribution in [0.3, 0.4) is 0 Å². The van der Waals surface area contributed by atoms with Gasteiger partial charge >= 0.3 is 0 Å². The van der Waals surface area contributed by atoms with E-state index in [1.54, 1.807) is 6.26 Å². The lowest BCUT2D eigenvalue weighted by atomic mass is 9.99. The van der Waals surface area contributed by atoms with Gasteiger partial charge in [-0.25, -0.2) is 9.99 Å². The Bertz CT molecular complexity index is 1040. The van der Waals surface area contributed by atoms with Crippen LogP contribution in [0.4, 0.5) is 0 Å². The van der Waals surface area contributed by atoms with Crippen LogP contribution in [0.2, 0.25) is 5.15 Å². The highest BCUT2D eigenvalue weighted by molar-refractivity contribution is 6.30. The van der Waals surface area contributed by atoms with Crippen molar-refractivity contribution in [3.05, 3.63) is 64.7 Å². The highest BCUT2D eigenvalue weighted by atomic mass is 35.5. The lowest BCUT2D eigenvalue weighted by molar-refractivity contribution is -0.136. The molecule has 2 aromatic heterocycles. The van der Waals surface area contributed by atoms with Gasteiger partial charge in [-0.1, -0.05) is 43.6 Å². The molecular weight excluding hydrogens is 362 g/mol. The van der Waals surface area contributed by atoms with Crippen LogP contribution in [0, 0.1) is 12.8 Å². The average molecular weight is 382 g/mol. The summed E-state index contributed by atoms with van der Waals surface area (Å²) in [5.74, 6) is 0.434. The second-order valence-electron chi connectivity index (χ2n) is 7.10. The van der Waals surface area contributed by atoms with Crippen molar-refractivity contribution in [1.29, 1.82) is 0 Å². The first-order chi connectivity index (χ1) is 13.0. The van der Waals surface area contributed by atoms with E-state index in [0.717, 1.165) is 27.7 Å². The normalized spacial score (nSPS) is 17.0. The Balaban J connectivity index is 1.80. The van der Waals surface area contributed by atoms with Crippen LogP contribution in [0.15, 0.2) is 52.2 Å². The van der Waals surface area contributed by atoms with Crippen molar-refractivity contribution in [3.63, 3.8) is 0 Å². The minimum absolute atomic E-state index is 0.0537. The van der Waals surface area contributed by atoms with Crippen LogP contribution in [-0.2, 0) is 4.79 Å². The average Bonchev–Trinajstić information content (AvgIpc) is 3.31. The molecule has 1 aliphatic heterocycles. The first kappa shape index (κ1) is 17.7. The van der Waals surface area contributed by atoms with E-state index in [2.05, 4.69) is 10.1 Å². The monoisotopic (exact) mass is 381 g/mol. The quantitative estimate of drug-likeness (QED) is 0.591. The highest BCUT2D eigenvalue weighted by Gasteiger charge is 2.36. The molecule has 0 aliphatic carbocycles. The van der Waals surface area contributed by atoms with E-state index in [1.807, 2.05) is 57.2 Å². The van der Waals surface area contributed by atoms with E-state index >= 15 is 0 Å². The van der Waals surface area contributed by atoms with Gasteiger partial charge in [0.15, 0.2) is 0 Å². The third kappa shape index (κ3) is 3.12. The minimum Gasteiger partial charge on any atom is -0.463 e. The number of hydrazone groups is 1. The molecule has 0 saturated carbocycles. The van der Waals surface area contributed by atoms with Gasteiger partial charge in [-0.2, -0.15) is 5.10 Å². The summed E-state index contributed by atoms with van der Waals surface area (Å²) in [6.45, 7) is 5.74. The van der Waals surface area contributed by atoms with Crippen molar-refractivity contribution in [1.82, 2.24) is 9.99 Å². The Morgan fingerprint density at radius 3 is 2.81 bits per heavy atom. The zero-order valence-electron chi connectivity index (χ0n) is 15.4. The summed E-state index contributed by atoms with van der Waals surface area (Å²) < 4.78 is 5.49. The van der Waals surface area contributed by atoms with Crippen LogP contribution in [0.1, 0.15) is 43.2 Å². The fraction of sp³-hybridized carbons (Fsp3) is 0.286. The number of fused-ring (bicyclic) bond motifs is 1. The van der Waals surface area contributed by atoms with Crippen molar-refractivity contribution in [2.24, 2.45) is 11.0 Å². The number of benzene rings is 1. The molecule has 5 nitrogen and oxygen atoms in total. The molecule has 1 aliphatic rings. The van der Waals surface area contributed by atoms with Crippen molar-refractivity contribution in [2.45, 2.75) is 33.2 Å². The minimum atomic E-state index is -0.301. The van der Waals surface area contributed by atoms with Gasteiger partial charge in [0.05, 0.1) is 17.8 Å². The molecule has 3 heterocycles. The van der Waals surface area contributed by atoms with Gasteiger partial charge in [0.25, 0.3) is 0 Å². The number of amides is 1. The van der Waals surface area contributed by atoms with Crippen LogP contribution in [0.5, 0.6) is 0 Å². The maximum Gasteiger partial charge on any atom is 0.245 e. The van der Waals surface area contributed by atoms with Gasteiger partial charge in [-0.05, 0) is 30.7 Å². The summed E-state index contributed by atoms with van der Waals surface area (Å²) in [4.78, 5) is 17.4. The molecule has 1 amide bonds. The standard InChI is InChI=1S/C21H20ClN3O2/c1-12(2)21(26)25-17(11-16(24-25)18-8-5-9-27-18)15-10-14-7-4-6-13(3)19(14)23-20(15)22/h4-10,12,17H,11H2,1-3H3. The lowest BCUT2D eigenvalue weighted by Gasteiger charge is -2.24. The van der Waals surface area contributed by atoms with E-state index in [-0.39, 0.29) is 17.9 Å². The number of halogens is 1. The summed E-state index contributed by atoms with van der Waals surface area (Å²) in [6, 6.07) is 11.4. The number of rotatable bonds is 3. The molecule has 3 aromatic rings. The number of carbonyl (C=O) groups excluding carboxylic acids is 1. The van der Waals surface area contributed by atoms with E-state index in [1.165, 1.54) is 5.01 Å². The molecule has 0 saturated heterocycles. The maximum atomic E-state index is 12.8. The second kappa shape index (κ2) is 6.82. The molecule has 27 heavy (non-hydrogen) atoms. The number of nitrogens with zero attached hydrogens (tertiary/aromatic N) is 3. The molecule has 0 fully saturated rings. The number of furan rings is 1. The molecule has 0 spiro atoms.